The first-order valence-electron chi connectivity index (χ1n) is 7.81. The zero-order valence-corrected chi connectivity index (χ0v) is 12.8. The molecule has 4 nitrogen and oxygen atoms in total. The van der Waals surface area contributed by atoms with Crippen LogP contribution in [0.2, 0.25) is 0 Å². The average molecular weight is 295 g/mol. The van der Waals surface area contributed by atoms with Gasteiger partial charge in [-0.2, -0.15) is 0 Å². The van der Waals surface area contributed by atoms with Gasteiger partial charge >= 0.3 is 0 Å². The van der Waals surface area contributed by atoms with Crippen LogP contribution in [0, 0.1) is 6.92 Å². The van der Waals surface area contributed by atoms with Gasteiger partial charge < -0.3 is 10.6 Å². The second kappa shape index (κ2) is 6.60. The minimum atomic E-state index is -0.0750. The van der Waals surface area contributed by atoms with Crippen LogP contribution < -0.4 is 10.6 Å². The number of nitrogens with zero attached hydrogens (tertiary/aromatic N) is 1. The highest BCUT2D eigenvalue weighted by atomic mass is 16.1. The van der Waals surface area contributed by atoms with Gasteiger partial charge in [-0.3, -0.25) is 4.79 Å². The summed E-state index contributed by atoms with van der Waals surface area (Å²) in [6.07, 6.45) is 6.28. The Labute approximate surface area is 131 Å². The number of aryl methyl sites for hydroxylation is 1. The van der Waals surface area contributed by atoms with Crippen LogP contribution in [-0.4, -0.2) is 16.9 Å². The third-order valence-electron chi connectivity index (χ3n) is 3.99. The molecule has 2 N–H and O–H groups in total. The van der Waals surface area contributed by atoms with Crippen LogP contribution in [0.3, 0.4) is 0 Å². The summed E-state index contributed by atoms with van der Waals surface area (Å²) < 4.78 is 0. The summed E-state index contributed by atoms with van der Waals surface area (Å²) in [4.78, 5) is 16.4. The molecule has 0 atom stereocenters. The van der Waals surface area contributed by atoms with Crippen molar-refractivity contribution in [1.82, 2.24) is 10.3 Å². The molecule has 0 bridgehead atoms. The molecule has 1 aromatic carbocycles. The van der Waals surface area contributed by atoms with E-state index in [1.54, 1.807) is 12.3 Å². The van der Waals surface area contributed by atoms with Crippen LogP contribution in [-0.2, 0) is 0 Å². The van der Waals surface area contributed by atoms with Gasteiger partial charge in [-0.05, 0) is 49.6 Å². The van der Waals surface area contributed by atoms with Crippen LogP contribution >= 0.6 is 0 Å². The number of pyridine rings is 1. The summed E-state index contributed by atoms with van der Waals surface area (Å²) in [6.45, 7) is 2.06. The van der Waals surface area contributed by atoms with Crippen LogP contribution in [0.5, 0.6) is 0 Å². The van der Waals surface area contributed by atoms with Crippen molar-refractivity contribution in [3.63, 3.8) is 0 Å². The SMILES string of the molecule is Cc1cccc(Nc2ccc(C(=O)NC3CCCC3)nc2)c1. The van der Waals surface area contributed by atoms with E-state index in [2.05, 4.69) is 34.7 Å². The fraction of sp³-hybridized carbons (Fsp3) is 0.333. The van der Waals surface area contributed by atoms with Crippen LogP contribution in [0.25, 0.3) is 0 Å². The Kier molecular flexibility index (Phi) is 4.37. The Morgan fingerprint density at radius 2 is 1.95 bits per heavy atom. The van der Waals surface area contributed by atoms with Gasteiger partial charge in [0.1, 0.15) is 5.69 Å². The lowest BCUT2D eigenvalue weighted by Crippen LogP contribution is -2.33. The molecular weight excluding hydrogens is 274 g/mol. The molecule has 114 valence electrons. The first-order chi connectivity index (χ1) is 10.7. The Morgan fingerprint density at radius 3 is 2.64 bits per heavy atom. The first-order valence-corrected chi connectivity index (χ1v) is 7.81. The molecule has 1 aliphatic rings. The summed E-state index contributed by atoms with van der Waals surface area (Å²) in [6, 6.07) is 12.1. The largest absolute Gasteiger partial charge is 0.354 e. The lowest BCUT2D eigenvalue weighted by atomic mass is 10.2. The molecule has 2 aromatic rings. The monoisotopic (exact) mass is 295 g/mol. The maximum atomic E-state index is 12.1. The smallest absolute Gasteiger partial charge is 0.270 e. The number of carbonyl (C=O) groups excluding carboxylic acids is 1. The number of aromatic nitrogens is 1. The van der Waals surface area contributed by atoms with E-state index < -0.39 is 0 Å². The molecule has 0 spiro atoms. The standard InChI is InChI=1S/C18H21N3O/c1-13-5-4-8-15(11-13)20-16-9-10-17(19-12-16)18(22)21-14-6-2-3-7-14/h4-5,8-12,14,20H,2-3,6-7H2,1H3,(H,21,22). The lowest BCUT2D eigenvalue weighted by Gasteiger charge is -2.12. The first kappa shape index (κ1) is 14.6. The summed E-state index contributed by atoms with van der Waals surface area (Å²) in [7, 11) is 0. The van der Waals surface area contributed by atoms with E-state index >= 15 is 0 Å². The summed E-state index contributed by atoms with van der Waals surface area (Å²) >= 11 is 0. The van der Waals surface area contributed by atoms with Gasteiger partial charge in [0.2, 0.25) is 0 Å². The molecule has 1 amide bonds. The normalized spacial score (nSPS) is 14.8. The highest BCUT2D eigenvalue weighted by Gasteiger charge is 2.18. The minimum Gasteiger partial charge on any atom is -0.354 e. The second-order valence-electron chi connectivity index (χ2n) is 5.88. The third kappa shape index (κ3) is 3.64. The number of hydrogen-bond acceptors (Lipinski definition) is 3. The Morgan fingerprint density at radius 1 is 1.14 bits per heavy atom. The van der Waals surface area contributed by atoms with E-state index in [0.717, 1.165) is 24.2 Å². The molecule has 1 aliphatic carbocycles. The molecule has 22 heavy (non-hydrogen) atoms. The number of nitrogens with one attached hydrogen (secondary N) is 2. The average Bonchev–Trinajstić information content (AvgIpc) is 3.01. The molecular formula is C18H21N3O. The highest BCUT2D eigenvalue weighted by Crippen LogP contribution is 2.19. The molecule has 4 heteroatoms. The second-order valence-corrected chi connectivity index (χ2v) is 5.88. The van der Waals surface area contributed by atoms with Gasteiger partial charge in [-0.25, -0.2) is 4.98 Å². The summed E-state index contributed by atoms with van der Waals surface area (Å²) in [5, 5.41) is 6.34. The zero-order chi connectivity index (χ0) is 15.4. The topological polar surface area (TPSA) is 54.0 Å². The lowest BCUT2D eigenvalue weighted by molar-refractivity contribution is 0.0933. The van der Waals surface area contributed by atoms with E-state index in [4.69, 9.17) is 0 Å². The van der Waals surface area contributed by atoms with Gasteiger partial charge in [-0.15, -0.1) is 0 Å². The number of amides is 1. The van der Waals surface area contributed by atoms with E-state index in [0.29, 0.717) is 11.7 Å². The van der Waals surface area contributed by atoms with Crippen LogP contribution in [0.15, 0.2) is 42.6 Å². The van der Waals surface area contributed by atoms with E-state index in [-0.39, 0.29) is 5.91 Å². The van der Waals surface area contributed by atoms with Gasteiger partial charge in [0, 0.05) is 11.7 Å². The predicted octanol–water partition coefficient (Wildman–Crippen LogP) is 3.81. The molecule has 0 unspecified atom stereocenters. The van der Waals surface area contributed by atoms with Crippen molar-refractivity contribution >= 4 is 17.3 Å². The molecule has 1 fully saturated rings. The number of hydrogen-bond donors (Lipinski definition) is 2. The number of rotatable bonds is 4. The molecule has 0 radical (unpaired) electrons. The van der Waals surface area contributed by atoms with Crippen molar-refractivity contribution in [2.24, 2.45) is 0 Å². The molecule has 1 aromatic heterocycles. The van der Waals surface area contributed by atoms with Crippen molar-refractivity contribution in [3.05, 3.63) is 53.9 Å². The molecule has 1 heterocycles. The van der Waals surface area contributed by atoms with E-state index in [9.17, 15) is 4.79 Å². The van der Waals surface area contributed by atoms with Gasteiger partial charge in [0.25, 0.3) is 5.91 Å². The van der Waals surface area contributed by atoms with Crippen molar-refractivity contribution in [3.8, 4) is 0 Å². The summed E-state index contributed by atoms with van der Waals surface area (Å²) in [5.74, 6) is -0.0750. The van der Waals surface area contributed by atoms with Crippen molar-refractivity contribution in [2.75, 3.05) is 5.32 Å². The fourth-order valence-corrected chi connectivity index (χ4v) is 2.82. The summed E-state index contributed by atoms with van der Waals surface area (Å²) in [5.41, 5.74) is 3.57. The molecule has 1 saturated carbocycles. The maximum Gasteiger partial charge on any atom is 0.270 e. The third-order valence-corrected chi connectivity index (χ3v) is 3.99. The molecule has 3 rings (SSSR count). The highest BCUT2D eigenvalue weighted by molar-refractivity contribution is 5.92. The van der Waals surface area contributed by atoms with Gasteiger partial charge in [-0.1, -0.05) is 25.0 Å². The molecule has 0 saturated heterocycles. The quantitative estimate of drug-likeness (QED) is 0.902. The van der Waals surface area contributed by atoms with Crippen LogP contribution in [0.1, 0.15) is 41.7 Å². The van der Waals surface area contributed by atoms with Gasteiger partial charge in [0.15, 0.2) is 0 Å². The van der Waals surface area contributed by atoms with Crippen molar-refractivity contribution in [2.45, 2.75) is 38.6 Å². The number of benzene rings is 1. The van der Waals surface area contributed by atoms with E-state index in [1.165, 1.54) is 18.4 Å². The fourth-order valence-electron chi connectivity index (χ4n) is 2.82. The zero-order valence-electron chi connectivity index (χ0n) is 12.8. The Hall–Kier alpha value is -2.36. The minimum absolute atomic E-state index is 0.0750. The number of anilines is 2. The van der Waals surface area contributed by atoms with Crippen LogP contribution in [0.4, 0.5) is 11.4 Å². The van der Waals surface area contributed by atoms with Crippen molar-refractivity contribution in [1.29, 1.82) is 0 Å². The van der Waals surface area contributed by atoms with Crippen molar-refractivity contribution < 1.29 is 4.79 Å². The predicted molar refractivity (Wildman–Crippen MR) is 88.4 cm³/mol. The van der Waals surface area contributed by atoms with Gasteiger partial charge in [0.05, 0.1) is 11.9 Å². The number of carbonyl (C=O) groups is 1. The Balaban J connectivity index is 1.63. The molecule has 0 aliphatic heterocycles. The van der Waals surface area contributed by atoms with E-state index in [1.807, 2.05) is 18.2 Å². The Bertz CT molecular complexity index is 646. The maximum absolute atomic E-state index is 12.1.